The third kappa shape index (κ3) is 3.13. The first-order valence-electron chi connectivity index (χ1n) is 6.17. The molecule has 0 saturated carbocycles. The van der Waals surface area contributed by atoms with Crippen molar-refractivity contribution in [3.05, 3.63) is 24.3 Å². The highest BCUT2D eigenvalue weighted by Gasteiger charge is 2.06. The van der Waals surface area contributed by atoms with Gasteiger partial charge in [-0.1, -0.05) is 13.8 Å². The number of hydrogen-bond donors (Lipinski definition) is 1. The Morgan fingerprint density at radius 1 is 1.33 bits per heavy atom. The van der Waals surface area contributed by atoms with Crippen molar-refractivity contribution in [2.45, 2.75) is 46.4 Å². The Balaban J connectivity index is 1.98. The maximum atomic E-state index is 4.39. The fourth-order valence-corrected chi connectivity index (χ4v) is 1.61. The molecule has 98 valence electrons. The summed E-state index contributed by atoms with van der Waals surface area (Å²) in [4.78, 5) is 8.47. The molecule has 0 unspecified atom stereocenters. The van der Waals surface area contributed by atoms with Crippen molar-refractivity contribution in [1.82, 2.24) is 34.8 Å². The minimum Gasteiger partial charge on any atom is -0.308 e. The predicted octanol–water partition coefficient (Wildman–Crippen LogP) is 0.436. The fraction of sp³-hybridized carbons (Fsp3) is 0.636. The van der Waals surface area contributed by atoms with Crippen molar-refractivity contribution in [2.24, 2.45) is 0 Å². The van der Waals surface area contributed by atoms with Gasteiger partial charge in [0.15, 0.2) is 5.82 Å². The van der Waals surface area contributed by atoms with Crippen LogP contribution in [0.2, 0.25) is 0 Å². The van der Waals surface area contributed by atoms with Crippen LogP contribution in [0.15, 0.2) is 12.7 Å². The second-order valence-electron chi connectivity index (χ2n) is 4.39. The average molecular weight is 249 g/mol. The van der Waals surface area contributed by atoms with Gasteiger partial charge < -0.3 is 5.32 Å². The van der Waals surface area contributed by atoms with Gasteiger partial charge in [0.1, 0.15) is 25.0 Å². The third-order valence-corrected chi connectivity index (χ3v) is 2.55. The summed E-state index contributed by atoms with van der Waals surface area (Å²) in [5, 5.41) is 11.8. The maximum Gasteiger partial charge on any atom is 0.164 e. The molecule has 0 aromatic carbocycles. The number of aromatic nitrogens is 6. The minimum atomic E-state index is 0.431. The van der Waals surface area contributed by atoms with Crippen LogP contribution in [0, 0.1) is 0 Å². The number of hydrogen-bond acceptors (Lipinski definition) is 5. The van der Waals surface area contributed by atoms with Crippen molar-refractivity contribution in [3.63, 3.8) is 0 Å². The molecule has 2 aromatic rings. The van der Waals surface area contributed by atoms with E-state index in [-0.39, 0.29) is 0 Å². The zero-order valence-electron chi connectivity index (χ0n) is 11.0. The van der Waals surface area contributed by atoms with Crippen molar-refractivity contribution >= 4 is 0 Å². The van der Waals surface area contributed by atoms with Gasteiger partial charge in [-0.3, -0.25) is 0 Å². The number of nitrogens with one attached hydrogen (secondary N) is 1. The van der Waals surface area contributed by atoms with Crippen LogP contribution in [-0.2, 0) is 19.6 Å². The standard InChI is InChI=1S/C11H19N7/c1-4-18-11(13-7-15-18)6-17-8-14-10(16-17)5-12-9(2)3/h7-9,12H,4-6H2,1-3H3. The molecular formula is C11H19N7. The molecule has 2 heterocycles. The largest absolute Gasteiger partial charge is 0.308 e. The van der Waals surface area contributed by atoms with Crippen LogP contribution in [0.5, 0.6) is 0 Å². The molecule has 0 aliphatic carbocycles. The lowest BCUT2D eigenvalue weighted by molar-refractivity contribution is 0.548. The Morgan fingerprint density at radius 2 is 2.17 bits per heavy atom. The maximum absolute atomic E-state index is 4.39. The lowest BCUT2D eigenvalue weighted by Crippen LogP contribution is -2.22. The molecule has 0 bridgehead atoms. The van der Waals surface area contributed by atoms with Gasteiger partial charge >= 0.3 is 0 Å². The summed E-state index contributed by atoms with van der Waals surface area (Å²) >= 11 is 0. The second-order valence-corrected chi connectivity index (χ2v) is 4.39. The van der Waals surface area contributed by atoms with E-state index < -0.39 is 0 Å². The van der Waals surface area contributed by atoms with Gasteiger partial charge in [-0.25, -0.2) is 19.3 Å². The van der Waals surface area contributed by atoms with Gasteiger partial charge in [0.25, 0.3) is 0 Å². The quantitative estimate of drug-likeness (QED) is 0.804. The summed E-state index contributed by atoms with van der Waals surface area (Å²) in [6, 6.07) is 0.431. The molecule has 0 spiro atoms. The Hall–Kier alpha value is -1.76. The van der Waals surface area contributed by atoms with Crippen LogP contribution >= 0.6 is 0 Å². The third-order valence-electron chi connectivity index (χ3n) is 2.55. The Morgan fingerprint density at radius 3 is 2.89 bits per heavy atom. The predicted molar refractivity (Wildman–Crippen MR) is 66.8 cm³/mol. The number of rotatable bonds is 6. The van der Waals surface area contributed by atoms with Gasteiger partial charge in [-0.15, -0.1) is 0 Å². The Labute approximate surface area is 106 Å². The van der Waals surface area contributed by atoms with E-state index in [4.69, 9.17) is 0 Å². The Kier molecular flexibility index (Phi) is 4.03. The van der Waals surface area contributed by atoms with E-state index in [0.717, 1.165) is 18.2 Å². The lowest BCUT2D eigenvalue weighted by atomic mass is 10.4. The molecule has 0 saturated heterocycles. The van der Waals surface area contributed by atoms with Crippen LogP contribution in [0.4, 0.5) is 0 Å². The topological polar surface area (TPSA) is 73.5 Å². The first kappa shape index (κ1) is 12.7. The van der Waals surface area contributed by atoms with Crippen molar-refractivity contribution in [1.29, 1.82) is 0 Å². The fourth-order valence-electron chi connectivity index (χ4n) is 1.61. The normalized spacial score (nSPS) is 11.3. The van der Waals surface area contributed by atoms with Crippen molar-refractivity contribution in [3.8, 4) is 0 Å². The molecule has 0 radical (unpaired) electrons. The van der Waals surface area contributed by atoms with Crippen LogP contribution in [-0.4, -0.2) is 35.6 Å². The van der Waals surface area contributed by atoms with Crippen LogP contribution < -0.4 is 5.32 Å². The van der Waals surface area contributed by atoms with Crippen LogP contribution in [0.3, 0.4) is 0 Å². The lowest BCUT2D eigenvalue weighted by Gasteiger charge is -2.04. The zero-order chi connectivity index (χ0) is 13.0. The molecule has 0 aliphatic rings. The molecule has 2 rings (SSSR count). The smallest absolute Gasteiger partial charge is 0.164 e. The summed E-state index contributed by atoms with van der Waals surface area (Å²) in [6.07, 6.45) is 3.29. The molecule has 7 nitrogen and oxygen atoms in total. The summed E-state index contributed by atoms with van der Waals surface area (Å²) in [5.74, 6) is 1.69. The van der Waals surface area contributed by atoms with Crippen LogP contribution in [0.25, 0.3) is 0 Å². The van der Waals surface area contributed by atoms with E-state index in [9.17, 15) is 0 Å². The van der Waals surface area contributed by atoms with Crippen molar-refractivity contribution < 1.29 is 0 Å². The molecule has 1 N–H and O–H groups in total. The van der Waals surface area contributed by atoms with Gasteiger partial charge in [0, 0.05) is 12.6 Å². The van der Waals surface area contributed by atoms with E-state index in [1.165, 1.54) is 0 Å². The monoisotopic (exact) mass is 249 g/mol. The van der Waals surface area contributed by atoms with Gasteiger partial charge in [-0.2, -0.15) is 10.2 Å². The van der Waals surface area contributed by atoms with E-state index in [1.54, 1.807) is 17.3 Å². The molecule has 18 heavy (non-hydrogen) atoms. The molecule has 0 fully saturated rings. The average Bonchev–Trinajstić information content (AvgIpc) is 2.96. The molecule has 0 atom stereocenters. The van der Waals surface area contributed by atoms with E-state index in [1.807, 2.05) is 11.6 Å². The van der Waals surface area contributed by atoms with Gasteiger partial charge in [0.2, 0.25) is 0 Å². The van der Waals surface area contributed by atoms with E-state index in [0.29, 0.717) is 19.1 Å². The first-order valence-corrected chi connectivity index (χ1v) is 6.17. The molecule has 2 aromatic heterocycles. The summed E-state index contributed by atoms with van der Waals surface area (Å²) in [5.41, 5.74) is 0. The molecular weight excluding hydrogens is 230 g/mol. The highest BCUT2D eigenvalue weighted by atomic mass is 15.4. The molecule has 0 amide bonds. The summed E-state index contributed by atoms with van der Waals surface area (Å²) in [6.45, 7) is 8.33. The first-order chi connectivity index (χ1) is 8.69. The Bertz CT molecular complexity index is 485. The van der Waals surface area contributed by atoms with Gasteiger partial charge in [-0.05, 0) is 6.92 Å². The zero-order valence-corrected chi connectivity index (χ0v) is 11.0. The number of aryl methyl sites for hydroxylation is 1. The van der Waals surface area contributed by atoms with E-state index >= 15 is 0 Å². The van der Waals surface area contributed by atoms with E-state index in [2.05, 4.69) is 39.3 Å². The van der Waals surface area contributed by atoms with Gasteiger partial charge in [0.05, 0.1) is 6.54 Å². The molecule has 7 heteroatoms. The minimum absolute atomic E-state index is 0.431. The second kappa shape index (κ2) is 5.72. The highest BCUT2D eigenvalue weighted by Crippen LogP contribution is 1.98. The van der Waals surface area contributed by atoms with Crippen molar-refractivity contribution in [2.75, 3.05) is 0 Å². The number of nitrogens with zero attached hydrogens (tertiary/aromatic N) is 6. The highest BCUT2D eigenvalue weighted by molar-refractivity contribution is 4.88. The molecule has 0 aliphatic heterocycles. The SMILES string of the molecule is CCn1ncnc1Cn1cnc(CNC(C)C)n1. The van der Waals surface area contributed by atoms with Crippen LogP contribution in [0.1, 0.15) is 32.4 Å². The summed E-state index contributed by atoms with van der Waals surface area (Å²) < 4.78 is 3.64. The summed E-state index contributed by atoms with van der Waals surface area (Å²) in [7, 11) is 0.